The fraction of sp³-hybridized carbons (Fsp3) is 0.727. The molecule has 2 N–H and O–H groups in total. The van der Waals surface area contributed by atoms with E-state index in [9.17, 15) is 0 Å². The van der Waals surface area contributed by atoms with Crippen LogP contribution in [0.3, 0.4) is 0 Å². The molecule has 0 aliphatic carbocycles. The number of anilines is 3. The summed E-state index contributed by atoms with van der Waals surface area (Å²) in [5.74, 6) is 1.51. The fourth-order valence-electron chi connectivity index (χ4n) is 1.53. The summed E-state index contributed by atoms with van der Waals surface area (Å²) >= 11 is 0. The minimum Gasteiger partial charge on any atom is -0.368 e. The topological polar surface area (TPSA) is 71.2 Å². The van der Waals surface area contributed by atoms with Crippen LogP contribution in [0.2, 0.25) is 0 Å². The van der Waals surface area contributed by atoms with Crippen molar-refractivity contribution in [3.8, 4) is 0 Å². The molecule has 6 nitrogen and oxygen atoms in total. The zero-order valence-electron chi connectivity index (χ0n) is 11.3. The summed E-state index contributed by atoms with van der Waals surface area (Å²) < 4.78 is 0. The molecular weight excluding hydrogens is 216 g/mol. The Morgan fingerprint density at radius 3 is 2.18 bits per heavy atom. The Hall–Kier alpha value is -1.59. The molecule has 0 radical (unpaired) electrons. The highest BCUT2D eigenvalue weighted by atomic mass is 15.3. The van der Waals surface area contributed by atoms with Crippen LogP contribution in [-0.2, 0) is 0 Å². The summed E-state index contributed by atoms with van der Waals surface area (Å²) in [6.07, 6.45) is 1.04. The van der Waals surface area contributed by atoms with Crippen molar-refractivity contribution in [1.82, 2.24) is 15.0 Å². The van der Waals surface area contributed by atoms with E-state index in [2.05, 4.69) is 40.6 Å². The standard InChI is InChI=1S/C11H22N6/c1-6-7-17(8(2)3)11-14-9(12)13-10(15-11)16(4)5/h8H,6-7H2,1-5H3,(H2,12,13,14,15). The summed E-state index contributed by atoms with van der Waals surface area (Å²) in [5, 5.41) is 0. The van der Waals surface area contributed by atoms with E-state index in [1.54, 1.807) is 0 Å². The third-order valence-corrected chi connectivity index (χ3v) is 2.37. The van der Waals surface area contributed by atoms with Crippen molar-refractivity contribution < 1.29 is 0 Å². The van der Waals surface area contributed by atoms with Gasteiger partial charge in [0.1, 0.15) is 0 Å². The van der Waals surface area contributed by atoms with E-state index >= 15 is 0 Å². The first kappa shape index (κ1) is 13.5. The lowest BCUT2D eigenvalue weighted by molar-refractivity contribution is 0.649. The number of aromatic nitrogens is 3. The molecule has 1 aromatic heterocycles. The molecule has 1 rings (SSSR count). The van der Waals surface area contributed by atoms with Crippen LogP contribution in [0.4, 0.5) is 17.8 Å². The van der Waals surface area contributed by atoms with Gasteiger partial charge in [-0.05, 0) is 20.3 Å². The number of rotatable bonds is 5. The van der Waals surface area contributed by atoms with Crippen LogP contribution in [0.5, 0.6) is 0 Å². The Labute approximate surface area is 103 Å². The van der Waals surface area contributed by atoms with Crippen molar-refractivity contribution >= 4 is 17.8 Å². The summed E-state index contributed by atoms with van der Waals surface area (Å²) in [7, 11) is 3.77. The van der Waals surface area contributed by atoms with Crippen molar-refractivity contribution in [2.45, 2.75) is 33.2 Å². The smallest absolute Gasteiger partial charge is 0.232 e. The molecule has 0 atom stereocenters. The molecule has 0 saturated carbocycles. The first-order chi connectivity index (χ1) is 7.95. The quantitative estimate of drug-likeness (QED) is 0.829. The first-order valence-electron chi connectivity index (χ1n) is 5.91. The molecule has 96 valence electrons. The van der Waals surface area contributed by atoms with Crippen LogP contribution in [0.15, 0.2) is 0 Å². The maximum absolute atomic E-state index is 5.72. The molecule has 17 heavy (non-hydrogen) atoms. The molecule has 0 bridgehead atoms. The predicted molar refractivity (Wildman–Crippen MR) is 71.3 cm³/mol. The molecule has 0 unspecified atom stereocenters. The molecule has 0 fully saturated rings. The number of nitrogen functional groups attached to an aromatic ring is 1. The molecule has 0 spiro atoms. The van der Waals surface area contributed by atoms with E-state index in [-0.39, 0.29) is 5.95 Å². The molecule has 0 amide bonds. The number of hydrogen-bond acceptors (Lipinski definition) is 6. The Balaban J connectivity index is 3.10. The molecule has 0 aromatic carbocycles. The Bertz CT molecular complexity index is 363. The average Bonchev–Trinajstić information content (AvgIpc) is 2.24. The van der Waals surface area contributed by atoms with Gasteiger partial charge in [-0.2, -0.15) is 15.0 Å². The van der Waals surface area contributed by atoms with Crippen LogP contribution in [0.1, 0.15) is 27.2 Å². The largest absolute Gasteiger partial charge is 0.368 e. The van der Waals surface area contributed by atoms with Crippen molar-refractivity contribution in [3.05, 3.63) is 0 Å². The zero-order valence-corrected chi connectivity index (χ0v) is 11.3. The second kappa shape index (κ2) is 5.65. The van der Waals surface area contributed by atoms with Gasteiger partial charge in [0.25, 0.3) is 0 Å². The molecule has 0 saturated heterocycles. The number of hydrogen-bond donors (Lipinski definition) is 1. The predicted octanol–water partition coefficient (Wildman–Crippen LogP) is 1.14. The molecule has 1 aromatic rings. The Morgan fingerprint density at radius 2 is 1.71 bits per heavy atom. The third kappa shape index (κ3) is 3.44. The molecule has 6 heteroatoms. The highest BCUT2D eigenvalue weighted by molar-refractivity contribution is 5.43. The van der Waals surface area contributed by atoms with Crippen LogP contribution in [0.25, 0.3) is 0 Å². The van der Waals surface area contributed by atoms with E-state index in [1.807, 2.05) is 19.0 Å². The van der Waals surface area contributed by atoms with E-state index in [0.717, 1.165) is 13.0 Å². The Kier molecular flexibility index (Phi) is 4.48. The maximum Gasteiger partial charge on any atom is 0.232 e. The summed E-state index contributed by atoms with van der Waals surface area (Å²) in [5.41, 5.74) is 5.72. The van der Waals surface area contributed by atoms with Gasteiger partial charge in [-0.3, -0.25) is 0 Å². The van der Waals surface area contributed by atoms with Crippen molar-refractivity contribution in [2.24, 2.45) is 0 Å². The monoisotopic (exact) mass is 238 g/mol. The highest BCUT2D eigenvalue weighted by Gasteiger charge is 2.15. The van der Waals surface area contributed by atoms with E-state index in [1.165, 1.54) is 0 Å². The second-order valence-electron chi connectivity index (χ2n) is 4.48. The van der Waals surface area contributed by atoms with Gasteiger partial charge in [0.15, 0.2) is 0 Å². The second-order valence-corrected chi connectivity index (χ2v) is 4.48. The summed E-state index contributed by atoms with van der Waals surface area (Å²) in [4.78, 5) is 16.7. The van der Waals surface area contributed by atoms with Crippen LogP contribution in [-0.4, -0.2) is 41.6 Å². The number of nitrogens with zero attached hydrogens (tertiary/aromatic N) is 5. The lowest BCUT2D eigenvalue weighted by Crippen LogP contribution is -2.33. The van der Waals surface area contributed by atoms with Crippen LogP contribution in [0, 0.1) is 0 Å². The Morgan fingerprint density at radius 1 is 1.12 bits per heavy atom. The average molecular weight is 238 g/mol. The zero-order chi connectivity index (χ0) is 13.0. The van der Waals surface area contributed by atoms with Crippen LogP contribution < -0.4 is 15.5 Å². The highest BCUT2D eigenvalue weighted by Crippen LogP contribution is 2.16. The SMILES string of the molecule is CCCN(c1nc(N)nc(N(C)C)n1)C(C)C. The third-order valence-electron chi connectivity index (χ3n) is 2.37. The number of nitrogens with two attached hydrogens (primary N) is 1. The van der Waals surface area contributed by atoms with Gasteiger partial charge in [-0.25, -0.2) is 0 Å². The van der Waals surface area contributed by atoms with Crippen molar-refractivity contribution in [2.75, 3.05) is 36.2 Å². The lowest BCUT2D eigenvalue weighted by Gasteiger charge is -2.26. The fourth-order valence-corrected chi connectivity index (χ4v) is 1.53. The minimum absolute atomic E-state index is 0.264. The van der Waals surface area contributed by atoms with Gasteiger partial charge in [0.2, 0.25) is 17.8 Å². The molecule has 1 heterocycles. The van der Waals surface area contributed by atoms with E-state index in [4.69, 9.17) is 5.73 Å². The van der Waals surface area contributed by atoms with Gasteiger partial charge in [0.05, 0.1) is 0 Å². The first-order valence-corrected chi connectivity index (χ1v) is 5.91. The van der Waals surface area contributed by atoms with E-state index < -0.39 is 0 Å². The van der Waals surface area contributed by atoms with Gasteiger partial charge in [-0.15, -0.1) is 0 Å². The molecular formula is C11H22N6. The van der Waals surface area contributed by atoms with Crippen molar-refractivity contribution in [1.29, 1.82) is 0 Å². The van der Waals surface area contributed by atoms with Crippen molar-refractivity contribution in [3.63, 3.8) is 0 Å². The maximum atomic E-state index is 5.72. The normalized spacial score (nSPS) is 10.7. The van der Waals surface area contributed by atoms with Gasteiger partial charge in [-0.1, -0.05) is 6.92 Å². The van der Waals surface area contributed by atoms with E-state index in [0.29, 0.717) is 17.9 Å². The van der Waals surface area contributed by atoms with Gasteiger partial charge in [0, 0.05) is 26.7 Å². The van der Waals surface area contributed by atoms with Crippen LogP contribution >= 0.6 is 0 Å². The van der Waals surface area contributed by atoms with Gasteiger partial charge >= 0.3 is 0 Å². The summed E-state index contributed by atoms with van der Waals surface area (Å²) in [6.45, 7) is 7.27. The minimum atomic E-state index is 0.264. The lowest BCUT2D eigenvalue weighted by atomic mass is 10.3. The van der Waals surface area contributed by atoms with Gasteiger partial charge < -0.3 is 15.5 Å². The molecule has 0 aliphatic rings. The summed E-state index contributed by atoms with van der Waals surface area (Å²) in [6, 6.07) is 0.340. The molecule has 0 aliphatic heterocycles.